The van der Waals surface area contributed by atoms with E-state index in [1.165, 1.54) is 24.4 Å². The molecule has 1 aliphatic heterocycles. The first-order valence-corrected chi connectivity index (χ1v) is 12.4. The maximum Gasteiger partial charge on any atom is 0.261 e. The van der Waals surface area contributed by atoms with Gasteiger partial charge in [0, 0.05) is 30.6 Å². The summed E-state index contributed by atoms with van der Waals surface area (Å²) in [5.41, 5.74) is 1.95. The van der Waals surface area contributed by atoms with E-state index in [2.05, 4.69) is 15.0 Å². The highest BCUT2D eigenvalue weighted by molar-refractivity contribution is 7.92. The Hall–Kier alpha value is -3.04. The molecule has 9 heteroatoms. The fourth-order valence-corrected chi connectivity index (χ4v) is 4.39. The number of amides is 1. The van der Waals surface area contributed by atoms with Crippen LogP contribution in [0.3, 0.4) is 0 Å². The average Bonchev–Trinajstić information content (AvgIpc) is 2.79. The topological polar surface area (TPSA) is 114 Å². The molecule has 2 aromatic carbocycles. The van der Waals surface area contributed by atoms with Gasteiger partial charge in [-0.15, -0.1) is 0 Å². The summed E-state index contributed by atoms with van der Waals surface area (Å²) in [5.74, 6) is -2.06. The molecule has 1 unspecified atom stereocenters. The highest BCUT2D eigenvalue weighted by atomic mass is 32.2. The number of rotatable bonds is 10. The van der Waals surface area contributed by atoms with Crippen LogP contribution in [0.25, 0.3) is 0 Å². The number of hydrogen-bond donors (Lipinski definition) is 2. The predicted molar refractivity (Wildman–Crippen MR) is 128 cm³/mol. The summed E-state index contributed by atoms with van der Waals surface area (Å²) in [4.78, 5) is 29.6. The SMILES string of the molecule is CCc1ccc(NS(=O)(=O)c2ccc3c(c2)C(=O)C(C(=O)NCCCOC(C)C)C=N3)cc1. The van der Waals surface area contributed by atoms with E-state index in [0.29, 0.717) is 30.9 Å². The highest BCUT2D eigenvalue weighted by Gasteiger charge is 2.31. The Kier molecular flexibility index (Phi) is 7.99. The zero-order valence-electron chi connectivity index (χ0n) is 19.0. The van der Waals surface area contributed by atoms with Crippen molar-refractivity contribution in [2.45, 2.75) is 44.6 Å². The lowest BCUT2D eigenvalue weighted by molar-refractivity contribution is -0.121. The maximum atomic E-state index is 13.0. The van der Waals surface area contributed by atoms with Gasteiger partial charge in [-0.25, -0.2) is 8.42 Å². The number of carbonyl (C=O) groups excluding carboxylic acids is 2. The lowest BCUT2D eigenvalue weighted by Gasteiger charge is -2.18. The van der Waals surface area contributed by atoms with E-state index in [9.17, 15) is 18.0 Å². The Morgan fingerprint density at radius 2 is 1.88 bits per heavy atom. The Bertz CT molecular complexity index is 1140. The van der Waals surface area contributed by atoms with Crippen LogP contribution < -0.4 is 10.0 Å². The zero-order chi connectivity index (χ0) is 24.0. The number of nitrogens with zero attached hydrogens (tertiary/aromatic N) is 1. The molecule has 1 amide bonds. The number of aliphatic imine (C=N–C) groups is 1. The Morgan fingerprint density at radius 1 is 1.15 bits per heavy atom. The summed E-state index contributed by atoms with van der Waals surface area (Å²) in [6.45, 7) is 6.74. The number of aryl methyl sites for hydroxylation is 1. The van der Waals surface area contributed by atoms with Gasteiger partial charge in [0.2, 0.25) is 5.91 Å². The van der Waals surface area contributed by atoms with Crippen molar-refractivity contribution in [1.29, 1.82) is 0 Å². The number of benzene rings is 2. The number of anilines is 1. The van der Waals surface area contributed by atoms with E-state index in [4.69, 9.17) is 4.74 Å². The molecular formula is C24H29N3O5S. The molecule has 0 radical (unpaired) electrons. The van der Waals surface area contributed by atoms with Crippen LogP contribution in [-0.2, 0) is 26.0 Å². The van der Waals surface area contributed by atoms with Crippen molar-refractivity contribution in [3.63, 3.8) is 0 Å². The predicted octanol–water partition coefficient (Wildman–Crippen LogP) is 3.50. The number of Topliss-reactive ketones (excluding diaryl/α,β-unsaturated/α-hetero) is 1. The molecule has 0 aromatic heterocycles. The van der Waals surface area contributed by atoms with Crippen molar-refractivity contribution in [3.8, 4) is 0 Å². The minimum atomic E-state index is -3.92. The first kappa shape index (κ1) is 24.6. The van der Waals surface area contributed by atoms with E-state index in [0.717, 1.165) is 12.0 Å². The van der Waals surface area contributed by atoms with E-state index in [1.807, 2.05) is 32.9 Å². The van der Waals surface area contributed by atoms with Gasteiger partial charge >= 0.3 is 0 Å². The van der Waals surface area contributed by atoms with E-state index >= 15 is 0 Å². The maximum absolute atomic E-state index is 13.0. The van der Waals surface area contributed by atoms with E-state index in [1.54, 1.807) is 12.1 Å². The standard InChI is InChI=1S/C24H29N3O5S/c1-4-17-6-8-18(9-7-17)27-33(30,31)19-10-11-22-20(14-19)23(28)21(15-26-22)24(29)25-12-5-13-32-16(2)3/h6-11,14-16,21,27H,4-5,12-13H2,1-3H3,(H,25,29). The van der Waals surface area contributed by atoms with Crippen molar-refractivity contribution in [2.24, 2.45) is 10.9 Å². The lowest BCUT2D eigenvalue weighted by Crippen LogP contribution is -2.38. The smallest absolute Gasteiger partial charge is 0.261 e. The molecule has 2 N–H and O–H groups in total. The van der Waals surface area contributed by atoms with Crippen LogP contribution in [0.5, 0.6) is 0 Å². The molecule has 1 atom stereocenters. The van der Waals surface area contributed by atoms with Crippen LogP contribution >= 0.6 is 0 Å². The summed E-state index contributed by atoms with van der Waals surface area (Å²) < 4.78 is 33.7. The zero-order valence-corrected chi connectivity index (χ0v) is 19.8. The average molecular weight is 472 g/mol. The minimum absolute atomic E-state index is 0.0729. The van der Waals surface area contributed by atoms with Gasteiger partial charge in [-0.3, -0.25) is 19.3 Å². The second kappa shape index (κ2) is 10.7. The molecular weight excluding hydrogens is 442 g/mol. The molecule has 1 aliphatic rings. The Labute approximate surface area is 194 Å². The number of fused-ring (bicyclic) bond motifs is 1. The van der Waals surface area contributed by atoms with E-state index < -0.39 is 27.6 Å². The van der Waals surface area contributed by atoms with Crippen LogP contribution in [0.2, 0.25) is 0 Å². The first-order valence-electron chi connectivity index (χ1n) is 10.9. The minimum Gasteiger partial charge on any atom is -0.379 e. The second-order valence-electron chi connectivity index (χ2n) is 8.02. The van der Waals surface area contributed by atoms with Gasteiger partial charge in [0.15, 0.2) is 5.78 Å². The van der Waals surface area contributed by atoms with Crippen molar-refractivity contribution >= 4 is 39.3 Å². The molecule has 33 heavy (non-hydrogen) atoms. The van der Waals surface area contributed by atoms with Gasteiger partial charge in [-0.05, 0) is 62.6 Å². The molecule has 8 nitrogen and oxygen atoms in total. The third-order valence-corrected chi connectivity index (χ3v) is 6.54. The van der Waals surface area contributed by atoms with Crippen LogP contribution in [0.15, 0.2) is 52.4 Å². The van der Waals surface area contributed by atoms with Gasteiger partial charge in [0.1, 0.15) is 5.92 Å². The van der Waals surface area contributed by atoms with Crippen LogP contribution in [0.4, 0.5) is 11.4 Å². The van der Waals surface area contributed by atoms with Crippen molar-refractivity contribution < 1.29 is 22.7 Å². The van der Waals surface area contributed by atoms with Crippen LogP contribution in [-0.4, -0.2) is 45.6 Å². The molecule has 0 bridgehead atoms. The highest BCUT2D eigenvalue weighted by Crippen LogP contribution is 2.29. The van der Waals surface area contributed by atoms with E-state index in [-0.39, 0.29) is 16.6 Å². The Balaban J connectivity index is 1.70. The van der Waals surface area contributed by atoms with Crippen molar-refractivity contribution in [3.05, 3.63) is 53.6 Å². The Morgan fingerprint density at radius 3 is 2.55 bits per heavy atom. The molecule has 0 saturated carbocycles. The number of carbonyl (C=O) groups is 2. The van der Waals surface area contributed by atoms with Gasteiger partial charge in [0.25, 0.3) is 10.0 Å². The number of hydrogen-bond acceptors (Lipinski definition) is 6. The summed E-state index contributed by atoms with van der Waals surface area (Å²) in [5, 5.41) is 2.71. The second-order valence-corrected chi connectivity index (χ2v) is 9.70. The van der Waals surface area contributed by atoms with Gasteiger partial charge in [-0.2, -0.15) is 0 Å². The molecule has 2 aromatic rings. The monoisotopic (exact) mass is 471 g/mol. The number of ketones is 1. The lowest BCUT2D eigenvalue weighted by atomic mass is 9.94. The molecule has 1 heterocycles. The normalized spacial score (nSPS) is 15.4. The summed E-state index contributed by atoms with van der Waals surface area (Å²) >= 11 is 0. The molecule has 176 valence electrons. The van der Waals surface area contributed by atoms with Crippen molar-refractivity contribution in [1.82, 2.24) is 5.32 Å². The molecule has 0 aliphatic carbocycles. The number of nitrogens with one attached hydrogen (secondary N) is 2. The number of sulfonamides is 1. The van der Waals surface area contributed by atoms with Gasteiger partial charge in [-0.1, -0.05) is 19.1 Å². The fourth-order valence-electron chi connectivity index (χ4n) is 3.30. The summed E-state index contributed by atoms with van der Waals surface area (Å²) in [6.07, 6.45) is 2.87. The van der Waals surface area contributed by atoms with Crippen LogP contribution in [0, 0.1) is 5.92 Å². The van der Waals surface area contributed by atoms with Crippen molar-refractivity contribution in [2.75, 3.05) is 17.9 Å². The summed E-state index contributed by atoms with van der Waals surface area (Å²) in [7, 11) is -3.92. The van der Waals surface area contributed by atoms with Crippen LogP contribution in [0.1, 0.15) is 43.1 Å². The molecule has 3 rings (SSSR count). The van der Waals surface area contributed by atoms with Gasteiger partial charge in [0.05, 0.1) is 16.7 Å². The van der Waals surface area contributed by atoms with Gasteiger partial charge < -0.3 is 10.1 Å². The number of ether oxygens (including phenoxy) is 1. The molecule has 0 spiro atoms. The first-order chi connectivity index (χ1) is 15.7. The molecule has 0 saturated heterocycles. The summed E-state index contributed by atoms with van der Waals surface area (Å²) in [6, 6.07) is 11.2. The third-order valence-electron chi connectivity index (χ3n) is 5.16. The largest absolute Gasteiger partial charge is 0.379 e. The third kappa shape index (κ3) is 6.27. The molecule has 0 fully saturated rings. The fraction of sp³-hybridized carbons (Fsp3) is 0.375. The quantitative estimate of drug-likeness (QED) is 0.407.